The molecule has 94 valence electrons. The van der Waals surface area contributed by atoms with E-state index in [2.05, 4.69) is 0 Å². The maximum absolute atomic E-state index is 5.97. The van der Waals surface area contributed by atoms with E-state index in [-0.39, 0.29) is 11.2 Å². The van der Waals surface area contributed by atoms with Crippen LogP contribution in [0.25, 0.3) is 0 Å². The number of hydrogen-bond acceptors (Lipinski definition) is 3. The second-order valence-electron chi connectivity index (χ2n) is 5.36. The summed E-state index contributed by atoms with van der Waals surface area (Å²) >= 11 is 5.97. The second-order valence-corrected chi connectivity index (χ2v) is 5.80. The highest BCUT2D eigenvalue weighted by Gasteiger charge is 2.49. The summed E-state index contributed by atoms with van der Waals surface area (Å²) in [5.41, 5.74) is 6.61. The molecule has 0 unspecified atom stereocenters. The summed E-state index contributed by atoms with van der Waals surface area (Å²) in [7, 11) is 0. The van der Waals surface area contributed by atoms with Crippen LogP contribution in [0.1, 0.15) is 39.5 Å². The van der Waals surface area contributed by atoms with Crippen LogP contribution in [-0.2, 0) is 9.47 Å². The molecule has 2 rings (SSSR count). The van der Waals surface area contributed by atoms with Crippen LogP contribution in [0.4, 0.5) is 5.69 Å². The Bertz CT molecular complexity index is 427. The van der Waals surface area contributed by atoms with Crippen LogP contribution in [0.5, 0.6) is 0 Å². The SMILES string of the molecule is CC1(C)OC(c2cc(Cl)ccc2N)OC1(C)C. The van der Waals surface area contributed by atoms with E-state index < -0.39 is 6.29 Å². The van der Waals surface area contributed by atoms with Gasteiger partial charge in [0.25, 0.3) is 0 Å². The summed E-state index contributed by atoms with van der Waals surface area (Å²) in [4.78, 5) is 0. The van der Waals surface area contributed by atoms with Gasteiger partial charge >= 0.3 is 0 Å². The number of anilines is 1. The Kier molecular flexibility index (Phi) is 2.89. The van der Waals surface area contributed by atoms with Gasteiger partial charge in [0, 0.05) is 16.3 Å². The monoisotopic (exact) mass is 255 g/mol. The molecule has 0 aliphatic carbocycles. The van der Waals surface area contributed by atoms with E-state index in [4.69, 9.17) is 26.8 Å². The maximum atomic E-state index is 5.97. The molecule has 1 aromatic carbocycles. The first-order valence-corrected chi connectivity index (χ1v) is 6.01. The summed E-state index contributed by atoms with van der Waals surface area (Å²) in [5, 5.41) is 0.629. The van der Waals surface area contributed by atoms with Crippen LogP contribution >= 0.6 is 11.6 Å². The van der Waals surface area contributed by atoms with Gasteiger partial charge in [-0.3, -0.25) is 0 Å². The molecule has 0 atom stereocenters. The summed E-state index contributed by atoms with van der Waals surface area (Å²) < 4.78 is 11.9. The fourth-order valence-electron chi connectivity index (χ4n) is 1.72. The standard InChI is InChI=1S/C13H18ClNO2/c1-12(2)13(3,4)17-11(16-12)9-7-8(14)5-6-10(9)15/h5-7,11H,15H2,1-4H3. The highest BCUT2D eigenvalue weighted by molar-refractivity contribution is 6.30. The zero-order valence-corrected chi connectivity index (χ0v) is 11.3. The van der Waals surface area contributed by atoms with Crippen molar-refractivity contribution in [1.29, 1.82) is 0 Å². The van der Waals surface area contributed by atoms with Crippen LogP contribution < -0.4 is 5.73 Å². The van der Waals surface area contributed by atoms with Crippen molar-refractivity contribution in [2.75, 3.05) is 5.73 Å². The van der Waals surface area contributed by atoms with Crippen LogP contribution in [0, 0.1) is 0 Å². The predicted octanol–water partition coefficient (Wildman–Crippen LogP) is 3.52. The molecule has 1 aliphatic rings. The number of benzene rings is 1. The molecule has 3 nitrogen and oxygen atoms in total. The van der Waals surface area contributed by atoms with Crippen LogP contribution in [0.2, 0.25) is 5.02 Å². The van der Waals surface area contributed by atoms with Crippen LogP contribution in [-0.4, -0.2) is 11.2 Å². The first-order chi connectivity index (χ1) is 7.73. The third-order valence-electron chi connectivity index (χ3n) is 3.56. The van der Waals surface area contributed by atoms with Gasteiger partial charge < -0.3 is 15.2 Å². The lowest BCUT2D eigenvalue weighted by Gasteiger charge is -2.30. The summed E-state index contributed by atoms with van der Waals surface area (Å²) in [6.45, 7) is 8.03. The Morgan fingerprint density at radius 1 is 1.12 bits per heavy atom. The molecule has 17 heavy (non-hydrogen) atoms. The second kappa shape index (κ2) is 3.87. The minimum Gasteiger partial charge on any atom is -0.398 e. The third-order valence-corrected chi connectivity index (χ3v) is 3.79. The molecule has 0 radical (unpaired) electrons. The van der Waals surface area contributed by atoms with Gasteiger partial charge in [-0.25, -0.2) is 0 Å². The number of halogens is 1. The Morgan fingerprint density at radius 2 is 1.65 bits per heavy atom. The van der Waals surface area contributed by atoms with Crippen molar-refractivity contribution < 1.29 is 9.47 Å². The van der Waals surface area contributed by atoms with E-state index in [1.54, 1.807) is 18.2 Å². The lowest BCUT2D eigenvalue weighted by Crippen LogP contribution is -2.41. The maximum Gasteiger partial charge on any atom is 0.187 e. The van der Waals surface area contributed by atoms with Gasteiger partial charge in [-0.2, -0.15) is 0 Å². The molecule has 0 amide bonds. The van der Waals surface area contributed by atoms with E-state index in [9.17, 15) is 0 Å². The van der Waals surface area contributed by atoms with Crippen molar-refractivity contribution in [1.82, 2.24) is 0 Å². The van der Waals surface area contributed by atoms with E-state index in [1.165, 1.54) is 0 Å². The lowest BCUT2D eigenvalue weighted by atomic mass is 9.90. The number of hydrogen-bond donors (Lipinski definition) is 1. The average Bonchev–Trinajstić information content (AvgIpc) is 2.40. The molecule has 0 bridgehead atoms. The number of nitrogen functional groups attached to an aromatic ring is 1. The average molecular weight is 256 g/mol. The molecule has 1 saturated heterocycles. The van der Waals surface area contributed by atoms with Gasteiger partial charge in [0.15, 0.2) is 6.29 Å². The molecule has 0 saturated carbocycles. The Labute approximate surface area is 107 Å². The third kappa shape index (κ3) is 2.15. The summed E-state index contributed by atoms with van der Waals surface area (Å²) in [6.07, 6.45) is -0.460. The zero-order chi connectivity index (χ0) is 12.8. The number of nitrogens with two attached hydrogens (primary N) is 1. The van der Waals surface area contributed by atoms with Crippen LogP contribution in [0.3, 0.4) is 0 Å². The van der Waals surface area contributed by atoms with Gasteiger partial charge in [0.1, 0.15) is 0 Å². The molecular formula is C13H18ClNO2. The highest BCUT2D eigenvalue weighted by atomic mass is 35.5. The molecule has 1 aromatic rings. The first kappa shape index (κ1) is 12.7. The fraction of sp³-hybridized carbons (Fsp3) is 0.538. The van der Waals surface area contributed by atoms with Crippen LogP contribution in [0.15, 0.2) is 18.2 Å². The minimum absolute atomic E-state index is 0.369. The zero-order valence-electron chi connectivity index (χ0n) is 10.6. The van der Waals surface area contributed by atoms with Crippen molar-refractivity contribution in [2.45, 2.75) is 45.2 Å². The van der Waals surface area contributed by atoms with Gasteiger partial charge in [0.2, 0.25) is 0 Å². The van der Waals surface area contributed by atoms with Gasteiger partial charge in [-0.15, -0.1) is 0 Å². The summed E-state index contributed by atoms with van der Waals surface area (Å²) in [5.74, 6) is 0. The van der Waals surface area contributed by atoms with E-state index >= 15 is 0 Å². The van der Waals surface area contributed by atoms with Crippen molar-refractivity contribution in [3.8, 4) is 0 Å². The Balaban J connectivity index is 2.35. The topological polar surface area (TPSA) is 44.5 Å². The predicted molar refractivity (Wildman–Crippen MR) is 68.9 cm³/mol. The quantitative estimate of drug-likeness (QED) is 0.781. The Morgan fingerprint density at radius 3 is 2.18 bits per heavy atom. The van der Waals surface area contributed by atoms with Crippen molar-refractivity contribution in [3.63, 3.8) is 0 Å². The molecule has 0 spiro atoms. The van der Waals surface area contributed by atoms with Gasteiger partial charge in [0.05, 0.1) is 11.2 Å². The normalized spacial score (nSPS) is 22.9. The van der Waals surface area contributed by atoms with Crippen molar-refractivity contribution in [2.24, 2.45) is 0 Å². The molecule has 4 heteroatoms. The minimum atomic E-state index is -0.460. The smallest absolute Gasteiger partial charge is 0.187 e. The molecular weight excluding hydrogens is 238 g/mol. The van der Waals surface area contributed by atoms with Gasteiger partial charge in [-0.05, 0) is 45.9 Å². The van der Waals surface area contributed by atoms with E-state index in [0.29, 0.717) is 10.7 Å². The highest BCUT2D eigenvalue weighted by Crippen LogP contribution is 2.46. The lowest BCUT2D eigenvalue weighted by molar-refractivity contribution is -0.0890. The van der Waals surface area contributed by atoms with E-state index in [0.717, 1.165) is 5.56 Å². The fourth-order valence-corrected chi connectivity index (χ4v) is 1.90. The molecule has 1 fully saturated rings. The molecule has 1 aliphatic heterocycles. The molecule has 2 N–H and O–H groups in total. The van der Waals surface area contributed by atoms with Crippen molar-refractivity contribution >= 4 is 17.3 Å². The number of ether oxygens (including phenoxy) is 2. The Hall–Kier alpha value is -0.770. The molecule has 1 heterocycles. The van der Waals surface area contributed by atoms with Gasteiger partial charge in [-0.1, -0.05) is 11.6 Å². The first-order valence-electron chi connectivity index (χ1n) is 5.63. The van der Waals surface area contributed by atoms with E-state index in [1.807, 2.05) is 27.7 Å². The largest absolute Gasteiger partial charge is 0.398 e. The number of rotatable bonds is 1. The summed E-state index contributed by atoms with van der Waals surface area (Å²) in [6, 6.07) is 5.31. The van der Waals surface area contributed by atoms with Crippen molar-refractivity contribution in [3.05, 3.63) is 28.8 Å². The molecule has 0 aromatic heterocycles.